The number of hydrogen-bond donors (Lipinski definition) is 1. The highest BCUT2D eigenvalue weighted by atomic mass is 16.7. The molecule has 1 heterocycles. The second-order valence-electron chi connectivity index (χ2n) is 5.16. The number of rotatable bonds is 4. The SMILES string of the molecule is COc1ccc(NC(C)(C#N)c2ccc3c(c2)OCO3)cc1. The lowest BCUT2D eigenvalue weighted by molar-refractivity contribution is 0.174. The van der Waals surface area contributed by atoms with E-state index in [0.29, 0.717) is 11.5 Å². The van der Waals surface area contributed by atoms with E-state index in [1.807, 2.05) is 49.4 Å². The third-order valence-electron chi connectivity index (χ3n) is 3.66. The van der Waals surface area contributed by atoms with Gasteiger partial charge in [-0.05, 0) is 48.9 Å². The van der Waals surface area contributed by atoms with Gasteiger partial charge in [0.25, 0.3) is 0 Å². The summed E-state index contributed by atoms with van der Waals surface area (Å²) in [6, 6.07) is 15.3. The van der Waals surface area contributed by atoms with Crippen molar-refractivity contribution in [3.05, 3.63) is 48.0 Å². The van der Waals surface area contributed by atoms with E-state index in [-0.39, 0.29) is 6.79 Å². The number of hydrogen-bond acceptors (Lipinski definition) is 5. The summed E-state index contributed by atoms with van der Waals surface area (Å²) in [6.07, 6.45) is 0. The van der Waals surface area contributed by atoms with Crippen LogP contribution in [0.1, 0.15) is 12.5 Å². The summed E-state index contributed by atoms with van der Waals surface area (Å²) in [5, 5.41) is 12.9. The first-order valence-corrected chi connectivity index (χ1v) is 6.88. The van der Waals surface area contributed by atoms with Gasteiger partial charge >= 0.3 is 0 Å². The molecular weight excluding hydrogens is 280 g/mol. The zero-order valence-electron chi connectivity index (χ0n) is 12.4. The highest BCUT2D eigenvalue weighted by Crippen LogP contribution is 2.36. The molecule has 5 heteroatoms. The molecule has 0 radical (unpaired) electrons. The monoisotopic (exact) mass is 296 g/mol. The molecule has 0 spiro atoms. The number of fused-ring (bicyclic) bond motifs is 1. The van der Waals surface area contributed by atoms with Gasteiger partial charge in [0.05, 0.1) is 13.2 Å². The van der Waals surface area contributed by atoms with Crippen molar-refractivity contribution >= 4 is 5.69 Å². The number of ether oxygens (including phenoxy) is 3. The van der Waals surface area contributed by atoms with E-state index >= 15 is 0 Å². The zero-order valence-corrected chi connectivity index (χ0v) is 12.4. The first-order chi connectivity index (χ1) is 10.6. The van der Waals surface area contributed by atoms with Crippen LogP contribution in [0.3, 0.4) is 0 Å². The molecule has 0 saturated carbocycles. The van der Waals surface area contributed by atoms with Crippen LogP contribution in [0.25, 0.3) is 0 Å². The molecule has 0 saturated heterocycles. The van der Waals surface area contributed by atoms with Crippen LogP contribution in [0.5, 0.6) is 17.2 Å². The second kappa shape index (κ2) is 5.49. The molecular formula is C17H16N2O3. The highest BCUT2D eigenvalue weighted by Gasteiger charge is 2.28. The molecule has 22 heavy (non-hydrogen) atoms. The summed E-state index contributed by atoms with van der Waals surface area (Å²) in [7, 11) is 1.62. The largest absolute Gasteiger partial charge is 0.497 e. The van der Waals surface area contributed by atoms with Gasteiger partial charge in [0.1, 0.15) is 11.3 Å². The van der Waals surface area contributed by atoms with Crippen molar-refractivity contribution in [2.45, 2.75) is 12.5 Å². The number of nitrogens with one attached hydrogen (secondary N) is 1. The van der Waals surface area contributed by atoms with E-state index in [0.717, 1.165) is 17.0 Å². The van der Waals surface area contributed by atoms with Gasteiger partial charge in [0.15, 0.2) is 11.5 Å². The molecule has 0 aromatic heterocycles. The average Bonchev–Trinajstić information content (AvgIpc) is 3.03. The fraction of sp³-hybridized carbons (Fsp3) is 0.235. The maximum Gasteiger partial charge on any atom is 0.231 e. The first kappa shape index (κ1) is 14.1. The molecule has 2 aromatic carbocycles. The van der Waals surface area contributed by atoms with E-state index in [4.69, 9.17) is 14.2 Å². The van der Waals surface area contributed by atoms with Crippen LogP contribution in [0.15, 0.2) is 42.5 Å². The molecule has 0 fully saturated rings. The predicted octanol–water partition coefficient (Wildman–Crippen LogP) is 3.27. The lowest BCUT2D eigenvalue weighted by Crippen LogP contribution is -2.29. The van der Waals surface area contributed by atoms with Gasteiger partial charge in [-0.25, -0.2) is 0 Å². The van der Waals surface area contributed by atoms with E-state index < -0.39 is 5.54 Å². The normalized spacial score (nSPS) is 14.8. The molecule has 2 aromatic rings. The Morgan fingerprint density at radius 1 is 1.14 bits per heavy atom. The summed E-state index contributed by atoms with van der Waals surface area (Å²) in [5.74, 6) is 2.14. The molecule has 1 aliphatic heterocycles. The Morgan fingerprint density at radius 2 is 1.86 bits per heavy atom. The van der Waals surface area contributed by atoms with Crippen LogP contribution in [-0.2, 0) is 5.54 Å². The minimum Gasteiger partial charge on any atom is -0.497 e. The Bertz CT molecular complexity index is 722. The van der Waals surface area contributed by atoms with Gasteiger partial charge in [0, 0.05) is 5.69 Å². The van der Waals surface area contributed by atoms with Crippen molar-refractivity contribution in [3.8, 4) is 23.3 Å². The van der Waals surface area contributed by atoms with Crippen molar-refractivity contribution in [1.82, 2.24) is 0 Å². The Labute approximate surface area is 129 Å². The summed E-state index contributed by atoms with van der Waals surface area (Å²) < 4.78 is 15.8. The smallest absolute Gasteiger partial charge is 0.231 e. The van der Waals surface area contributed by atoms with Crippen molar-refractivity contribution in [1.29, 1.82) is 5.26 Å². The average molecular weight is 296 g/mol. The van der Waals surface area contributed by atoms with Gasteiger partial charge in [-0.1, -0.05) is 6.07 Å². The van der Waals surface area contributed by atoms with E-state index in [9.17, 15) is 5.26 Å². The summed E-state index contributed by atoms with van der Waals surface area (Å²) in [5.41, 5.74) is 0.771. The molecule has 3 rings (SSSR count). The van der Waals surface area contributed by atoms with Crippen LogP contribution in [0.2, 0.25) is 0 Å². The number of nitriles is 1. The summed E-state index contributed by atoms with van der Waals surface area (Å²) >= 11 is 0. The van der Waals surface area contributed by atoms with E-state index in [2.05, 4.69) is 11.4 Å². The molecule has 0 amide bonds. The quantitative estimate of drug-likeness (QED) is 0.938. The summed E-state index contributed by atoms with van der Waals surface area (Å²) in [6.45, 7) is 2.04. The third kappa shape index (κ3) is 2.51. The van der Waals surface area contributed by atoms with Gasteiger partial charge in [-0.3, -0.25) is 0 Å². The van der Waals surface area contributed by atoms with Gasteiger partial charge < -0.3 is 19.5 Å². The molecule has 112 valence electrons. The van der Waals surface area contributed by atoms with Crippen LogP contribution in [0.4, 0.5) is 5.69 Å². The maximum atomic E-state index is 9.64. The second-order valence-corrected chi connectivity index (χ2v) is 5.16. The Kier molecular flexibility index (Phi) is 3.51. The van der Waals surface area contributed by atoms with Gasteiger partial charge in [-0.15, -0.1) is 0 Å². The molecule has 5 nitrogen and oxygen atoms in total. The Morgan fingerprint density at radius 3 is 2.55 bits per heavy atom. The number of anilines is 1. The topological polar surface area (TPSA) is 63.5 Å². The van der Waals surface area contributed by atoms with Gasteiger partial charge in [0.2, 0.25) is 6.79 Å². The van der Waals surface area contributed by atoms with Crippen molar-refractivity contribution in [2.24, 2.45) is 0 Å². The van der Waals surface area contributed by atoms with E-state index in [1.165, 1.54) is 0 Å². The highest BCUT2D eigenvalue weighted by molar-refractivity contribution is 5.55. The van der Waals surface area contributed by atoms with E-state index in [1.54, 1.807) is 7.11 Å². The lowest BCUT2D eigenvalue weighted by Gasteiger charge is -2.25. The molecule has 1 atom stereocenters. The lowest BCUT2D eigenvalue weighted by atomic mass is 9.93. The number of methoxy groups -OCH3 is 1. The Hall–Kier alpha value is -2.87. The maximum absolute atomic E-state index is 9.64. The molecule has 1 N–H and O–H groups in total. The van der Waals surface area contributed by atoms with Crippen LogP contribution >= 0.6 is 0 Å². The molecule has 1 unspecified atom stereocenters. The van der Waals surface area contributed by atoms with Crippen molar-refractivity contribution < 1.29 is 14.2 Å². The standard InChI is InChI=1S/C17H16N2O3/c1-17(10-18,19-13-4-6-14(20-2)7-5-13)12-3-8-15-16(9-12)22-11-21-15/h3-9,19H,11H2,1-2H3. The minimum atomic E-state index is -0.879. The van der Waals surface area contributed by atoms with Crippen LogP contribution in [-0.4, -0.2) is 13.9 Å². The first-order valence-electron chi connectivity index (χ1n) is 6.88. The molecule has 0 aliphatic carbocycles. The fourth-order valence-corrected chi connectivity index (χ4v) is 2.34. The predicted molar refractivity (Wildman–Crippen MR) is 82.1 cm³/mol. The number of benzene rings is 2. The molecule has 1 aliphatic rings. The van der Waals surface area contributed by atoms with Gasteiger partial charge in [-0.2, -0.15) is 5.26 Å². The number of nitrogens with zero attached hydrogens (tertiary/aromatic N) is 1. The third-order valence-corrected chi connectivity index (χ3v) is 3.66. The van der Waals surface area contributed by atoms with Crippen molar-refractivity contribution in [2.75, 3.05) is 19.2 Å². The van der Waals surface area contributed by atoms with Crippen LogP contribution in [0, 0.1) is 11.3 Å². The van der Waals surface area contributed by atoms with Crippen LogP contribution < -0.4 is 19.5 Å². The fourth-order valence-electron chi connectivity index (χ4n) is 2.34. The summed E-state index contributed by atoms with van der Waals surface area (Å²) in [4.78, 5) is 0. The Balaban J connectivity index is 1.89. The van der Waals surface area contributed by atoms with Crippen molar-refractivity contribution in [3.63, 3.8) is 0 Å². The molecule has 0 bridgehead atoms. The zero-order chi connectivity index (χ0) is 15.6. The minimum absolute atomic E-state index is 0.216.